The molecular formula is C13H11N5OS. The Labute approximate surface area is 118 Å². The highest BCUT2D eigenvalue weighted by Gasteiger charge is 2.16. The molecule has 0 saturated carbocycles. The molecule has 3 aromatic rings. The van der Waals surface area contributed by atoms with Crippen LogP contribution in [0.4, 0.5) is 5.69 Å². The van der Waals surface area contributed by atoms with Gasteiger partial charge in [0.25, 0.3) is 5.91 Å². The van der Waals surface area contributed by atoms with E-state index in [9.17, 15) is 4.79 Å². The molecule has 0 fully saturated rings. The van der Waals surface area contributed by atoms with Gasteiger partial charge in [-0.1, -0.05) is 6.07 Å². The second kappa shape index (κ2) is 5.22. The van der Waals surface area contributed by atoms with Gasteiger partial charge in [-0.2, -0.15) is 5.10 Å². The number of nitrogen functional groups attached to an aromatic ring is 1. The summed E-state index contributed by atoms with van der Waals surface area (Å²) in [4.78, 5) is 17.4. The molecule has 3 N–H and O–H groups in total. The lowest BCUT2D eigenvalue weighted by Gasteiger charge is -2.03. The number of nitrogens with two attached hydrogens (primary N) is 1. The minimum atomic E-state index is -0.226. The summed E-state index contributed by atoms with van der Waals surface area (Å²) in [5.41, 5.74) is 7.21. The van der Waals surface area contributed by atoms with Crippen LogP contribution >= 0.6 is 11.3 Å². The van der Waals surface area contributed by atoms with Crippen molar-refractivity contribution in [1.82, 2.24) is 20.5 Å². The average Bonchev–Trinajstić information content (AvgIpc) is 2.84. The van der Waals surface area contributed by atoms with Crippen LogP contribution in [0, 0.1) is 0 Å². The number of carbonyl (C=O) groups excluding carboxylic acids is 1. The summed E-state index contributed by atoms with van der Waals surface area (Å²) in [6.45, 7) is 0.360. The summed E-state index contributed by atoms with van der Waals surface area (Å²) in [7, 11) is 0. The van der Waals surface area contributed by atoms with Gasteiger partial charge in [0.2, 0.25) is 0 Å². The van der Waals surface area contributed by atoms with Crippen LogP contribution < -0.4 is 11.1 Å². The van der Waals surface area contributed by atoms with Crippen molar-refractivity contribution in [2.24, 2.45) is 0 Å². The normalized spacial score (nSPS) is 10.6. The monoisotopic (exact) mass is 285 g/mol. The van der Waals surface area contributed by atoms with Crippen LogP contribution in [0.5, 0.6) is 0 Å². The second-order valence-corrected chi connectivity index (χ2v) is 5.10. The molecule has 0 aromatic carbocycles. The first-order valence-electron chi connectivity index (χ1n) is 5.93. The van der Waals surface area contributed by atoms with E-state index in [0.29, 0.717) is 21.9 Å². The molecule has 0 atom stereocenters. The Morgan fingerprint density at radius 2 is 2.20 bits per heavy atom. The second-order valence-electron chi connectivity index (χ2n) is 4.10. The number of aromatic nitrogens is 3. The van der Waals surface area contributed by atoms with Gasteiger partial charge in [-0.15, -0.1) is 16.4 Å². The van der Waals surface area contributed by atoms with Gasteiger partial charge in [0.15, 0.2) is 0 Å². The highest BCUT2D eigenvalue weighted by Crippen LogP contribution is 2.31. The first-order chi connectivity index (χ1) is 9.75. The van der Waals surface area contributed by atoms with E-state index in [1.807, 2.05) is 18.2 Å². The molecule has 0 aliphatic rings. The van der Waals surface area contributed by atoms with E-state index in [1.54, 1.807) is 18.5 Å². The fraction of sp³-hybridized carbons (Fsp3) is 0.0769. The summed E-state index contributed by atoms with van der Waals surface area (Å²) >= 11 is 1.24. The number of thiophene rings is 1. The van der Waals surface area contributed by atoms with Crippen molar-refractivity contribution in [2.75, 3.05) is 5.73 Å². The van der Waals surface area contributed by atoms with E-state index in [-0.39, 0.29) is 5.91 Å². The number of nitrogens with one attached hydrogen (secondary N) is 1. The van der Waals surface area contributed by atoms with E-state index >= 15 is 0 Å². The van der Waals surface area contributed by atoms with E-state index in [4.69, 9.17) is 5.73 Å². The third kappa shape index (κ3) is 2.30. The Morgan fingerprint density at radius 1 is 1.30 bits per heavy atom. The molecule has 7 heteroatoms. The average molecular weight is 285 g/mol. The predicted octanol–water partition coefficient (Wildman–Crippen LogP) is 1.60. The number of hydrogen-bond acceptors (Lipinski definition) is 6. The first kappa shape index (κ1) is 12.5. The Hall–Kier alpha value is -2.54. The zero-order valence-corrected chi connectivity index (χ0v) is 11.2. The van der Waals surface area contributed by atoms with Crippen LogP contribution in [0.25, 0.3) is 10.2 Å². The van der Waals surface area contributed by atoms with Gasteiger partial charge in [0.1, 0.15) is 9.71 Å². The fourth-order valence-electron chi connectivity index (χ4n) is 1.80. The van der Waals surface area contributed by atoms with Crippen molar-refractivity contribution in [1.29, 1.82) is 0 Å². The SMILES string of the molecule is Nc1c(C(=O)NCc2ccccn2)sc2nnccc12. The van der Waals surface area contributed by atoms with Gasteiger partial charge in [-0.3, -0.25) is 9.78 Å². The molecule has 0 spiro atoms. The van der Waals surface area contributed by atoms with Crippen LogP contribution in [0.2, 0.25) is 0 Å². The van der Waals surface area contributed by atoms with Gasteiger partial charge < -0.3 is 11.1 Å². The number of amides is 1. The molecule has 0 saturated heterocycles. The van der Waals surface area contributed by atoms with Gasteiger partial charge >= 0.3 is 0 Å². The molecule has 100 valence electrons. The molecule has 0 aliphatic heterocycles. The molecule has 0 aliphatic carbocycles. The Morgan fingerprint density at radius 3 is 2.95 bits per heavy atom. The number of nitrogens with zero attached hydrogens (tertiary/aromatic N) is 3. The van der Waals surface area contributed by atoms with Crippen molar-refractivity contribution < 1.29 is 4.79 Å². The molecule has 3 rings (SSSR count). The van der Waals surface area contributed by atoms with Crippen molar-refractivity contribution in [3.63, 3.8) is 0 Å². The Bertz CT molecular complexity index is 756. The lowest BCUT2D eigenvalue weighted by atomic mass is 10.2. The zero-order chi connectivity index (χ0) is 13.9. The van der Waals surface area contributed by atoms with Crippen LogP contribution in [0.3, 0.4) is 0 Å². The van der Waals surface area contributed by atoms with Gasteiger partial charge in [0, 0.05) is 11.6 Å². The topological polar surface area (TPSA) is 93.8 Å². The maximum atomic E-state index is 12.2. The predicted molar refractivity (Wildman–Crippen MR) is 77.2 cm³/mol. The van der Waals surface area contributed by atoms with Gasteiger partial charge in [0.05, 0.1) is 24.1 Å². The molecule has 1 amide bonds. The van der Waals surface area contributed by atoms with Gasteiger partial charge in [-0.25, -0.2) is 0 Å². The number of pyridine rings is 1. The third-order valence-electron chi connectivity index (χ3n) is 2.78. The van der Waals surface area contributed by atoms with Crippen molar-refractivity contribution >= 4 is 33.1 Å². The molecular weight excluding hydrogens is 274 g/mol. The molecule has 0 radical (unpaired) electrons. The van der Waals surface area contributed by atoms with Crippen LogP contribution in [-0.2, 0) is 6.54 Å². The fourth-order valence-corrected chi connectivity index (χ4v) is 2.75. The number of rotatable bonds is 3. The first-order valence-corrected chi connectivity index (χ1v) is 6.75. The summed E-state index contributed by atoms with van der Waals surface area (Å²) in [6.07, 6.45) is 3.24. The highest BCUT2D eigenvalue weighted by molar-refractivity contribution is 7.21. The molecule has 3 aromatic heterocycles. The molecule has 6 nitrogen and oxygen atoms in total. The molecule has 0 unspecified atom stereocenters. The van der Waals surface area contributed by atoms with Crippen molar-refractivity contribution in [3.8, 4) is 0 Å². The number of anilines is 1. The minimum Gasteiger partial charge on any atom is -0.397 e. The van der Waals surface area contributed by atoms with Gasteiger partial charge in [-0.05, 0) is 18.2 Å². The summed E-state index contributed by atoms with van der Waals surface area (Å²) in [6, 6.07) is 7.30. The molecule has 0 bridgehead atoms. The quantitative estimate of drug-likeness (QED) is 0.762. The summed E-state index contributed by atoms with van der Waals surface area (Å²) in [5, 5.41) is 11.3. The number of hydrogen-bond donors (Lipinski definition) is 2. The van der Waals surface area contributed by atoms with Crippen LogP contribution in [0.1, 0.15) is 15.4 Å². The maximum Gasteiger partial charge on any atom is 0.263 e. The van der Waals surface area contributed by atoms with E-state index < -0.39 is 0 Å². The Kier molecular flexibility index (Phi) is 3.26. The largest absolute Gasteiger partial charge is 0.397 e. The highest BCUT2D eigenvalue weighted by atomic mass is 32.1. The molecule has 20 heavy (non-hydrogen) atoms. The van der Waals surface area contributed by atoms with E-state index in [1.165, 1.54) is 11.3 Å². The van der Waals surface area contributed by atoms with E-state index in [0.717, 1.165) is 11.1 Å². The van der Waals surface area contributed by atoms with Crippen molar-refractivity contribution in [2.45, 2.75) is 6.54 Å². The van der Waals surface area contributed by atoms with Crippen LogP contribution in [0.15, 0.2) is 36.7 Å². The zero-order valence-electron chi connectivity index (χ0n) is 10.4. The lowest BCUT2D eigenvalue weighted by molar-refractivity contribution is 0.0955. The number of carbonyl (C=O) groups is 1. The summed E-state index contributed by atoms with van der Waals surface area (Å²) < 4.78 is 0. The summed E-state index contributed by atoms with van der Waals surface area (Å²) in [5.74, 6) is -0.226. The maximum absolute atomic E-state index is 12.2. The lowest BCUT2D eigenvalue weighted by Crippen LogP contribution is -2.23. The minimum absolute atomic E-state index is 0.226. The van der Waals surface area contributed by atoms with Crippen molar-refractivity contribution in [3.05, 3.63) is 47.2 Å². The smallest absolute Gasteiger partial charge is 0.263 e. The Balaban J connectivity index is 1.81. The van der Waals surface area contributed by atoms with E-state index in [2.05, 4.69) is 20.5 Å². The molecule has 3 heterocycles. The third-order valence-corrected chi connectivity index (χ3v) is 3.89. The van der Waals surface area contributed by atoms with Crippen LogP contribution in [-0.4, -0.2) is 21.1 Å². The standard InChI is InChI=1S/C13H11N5OS/c14-10-9-4-6-17-18-13(9)20-11(10)12(19)16-7-8-3-1-2-5-15-8/h1-6H,7,14H2,(H,16,19). The number of fused-ring (bicyclic) bond motifs is 1.